The van der Waals surface area contributed by atoms with Crippen molar-refractivity contribution in [1.29, 1.82) is 0 Å². The molecule has 0 radical (unpaired) electrons. The summed E-state index contributed by atoms with van der Waals surface area (Å²) in [4.78, 5) is 31.7. The second-order valence-electron chi connectivity index (χ2n) is 10.8. The zero-order valence-electron chi connectivity index (χ0n) is 21.3. The number of esters is 1. The number of piperazine rings is 1. The minimum atomic E-state index is -2.08. The molecule has 0 aliphatic carbocycles. The van der Waals surface area contributed by atoms with E-state index in [0.717, 1.165) is 0 Å². The third kappa shape index (κ3) is 6.89. The van der Waals surface area contributed by atoms with Gasteiger partial charge in [-0.3, -0.25) is 0 Å². The van der Waals surface area contributed by atoms with E-state index in [9.17, 15) is 14.0 Å². The van der Waals surface area contributed by atoms with Crippen molar-refractivity contribution in [2.45, 2.75) is 71.3 Å². The van der Waals surface area contributed by atoms with Gasteiger partial charge >= 0.3 is 12.1 Å². The van der Waals surface area contributed by atoms with E-state index in [1.165, 1.54) is 19.2 Å². The highest BCUT2D eigenvalue weighted by Gasteiger charge is 2.40. The Kier molecular flexibility index (Phi) is 8.17. The molecule has 0 unspecified atom stereocenters. The molecule has 1 amide bonds. The van der Waals surface area contributed by atoms with Gasteiger partial charge in [0.15, 0.2) is 14.0 Å². The third-order valence-electron chi connectivity index (χ3n) is 6.11. The second kappa shape index (κ2) is 9.96. The molecule has 1 atom stereocenters. The van der Waals surface area contributed by atoms with Crippen molar-refractivity contribution < 1.29 is 27.9 Å². The zero-order chi connectivity index (χ0) is 25.2. The van der Waals surface area contributed by atoms with E-state index < -0.39 is 31.9 Å². The lowest BCUT2D eigenvalue weighted by atomic mass is 10.1. The van der Waals surface area contributed by atoms with Gasteiger partial charge in [0.05, 0.1) is 25.4 Å². The normalized spacial score (nSPS) is 17.7. The summed E-state index contributed by atoms with van der Waals surface area (Å²) in [5.41, 5.74) is -0.447. The van der Waals surface area contributed by atoms with Crippen molar-refractivity contribution in [2.75, 3.05) is 38.3 Å². The molecule has 1 aliphatic rings. The number of carbonyl (C=O) groups excluding carboxylic acids is 2. The summed E-state index contributed by atoms with van der Waals surface area (Å²) in [6.45, 7) is 17.6. The van der Waals surface area contributed by atoms with Crippen LogP contribution in [-0.2, 0) is 13.9 Å². The lowest BCUT2D eigenvalue weighted by Gasteiger charge is -2.44. The standard InChI is InChI=1S/C23H38FN3O5Si/c1-22(2,3)32-21(29)26-12-13-27(16(14-26)15-31-33(8,9)23(4,5)6)18-11-10-17(20(28)30-7)25-19(18)24/h10-11,16H,12-15H2,1-9H3/t16-/m0/s1. The van der Waals surface area contributed by atoms with Crippen LogP contribution in [0.15, 0.2) is 12.1 Å². The van der Waals surface area contributed by atoms with E-state index >= 15 is 0 Å². The number of nitrogens with zero attached hydrogens (tertiary/aromatic N) is 3. The topological polar surface area (TPSA) is 81.2 Å². The van der Waals surface area contributed by atoms with Gasteiger partial charge in [-0.15, -0.1) is 0 Å². The highest BCUT2D eigenvalue weighted by atomic mass is 28.4. The Morgan fingerprint density at radius 3 is 2.30 bits per heavy atom. The van der Waals surface area contributed by atoms with Crippen LogP contribution >= 0.6 is 0 Å². The van der Waals surface area contributed by atoms with Crippen LogP contribution in [0.1, 0.15) is 52.0 Å². The first-order chi connectivity index (χ1) is 15.1. The molecule has 186 valence electrons. The summed E-state index contributed by atoms with van der Waals surface area (Å²) in [5, 5.41) is 0.00627. The van der Waals surface area contributed by atoms with Crippen molar-refractivity contribution in [3.63, 3.8) is 0 Å². The molecule has 1 aromatic heterocycles. The van der Waals surface area contributed by atoms with Crippen LogP contribution in [0.2, 0.25) is 18.1 Å². The number of amides is 1. The summed E-state index contributed by atoms with van der Waals surface area (Å²) in [5.74, 6) is -1.46. The maximum Gasteiger partial charge on any atom is 0.410 e. The molecule has 10 heteroatoms. The van der Waals surface area contributed by atoms with Gasteiger partial charge in [-0.25, -0.2) is 14.6 Å². The van der Waals surface area contributed by atoms with Crippen LogP contribution in [0.3, 0.4) is 0 Å². The Labute approximate surface area is 197 Å². The molecule has 0 aromatic carbocycles. The van der Waals surface area contributed by atoms with Crippen LogP contribution < -0.4 is 4.90 Å². The number of hydrogen-bond acceptors (Lipinski definition) is 7. The number of ether oxygens (including phenoxy) is 2. The van der Waals surface area contributed by atoms with Gasteiger partial charge in [-0.2, -0.15) is 4.39 Å². The summed E-state index contributed by atoms with van der Waals surface area (Å²) >= 11 is 0. The second-order valence-corrected chi connectivity index (χ2v) is 15.7. The fourth-order valence-electron chi connectivity index (χ4n) is 3.19. The Balaban J connectivity index is 2.30. The molecule has 1 aliphatic heterocycles. The molecule has 0 bridgehead atoms. The third-order valence-corrected chi connectivity index (χ3v) is 10.6. The minimum absolute atomic E-state index is 0.00627. The highest BCUT2D eigenvalue weighted by molar-refractivity contribution is 6.74. The number of methoxy groups -OCH3 is 1. The zero-order valence-corrected chi connectivity index (χ0v) is 22.3. The first-order valence-electron chi connectivity index (χ1n) is 11.2. The number of carbonyl (C=O) groups is 2. The fraction of sp³-hybridized carbons (Fsp3) is 0.696. The van der Waals surface area contributed by atoms with Crippen LogP contribution in [0.5, 0.6) is 0 Å². The number of aromatic nitrogens is 1. The molecule has 2 heterocycles. The summed E-state index contributed by atoms with van der Waals surface area (Å²) in [6.07, 6.45) is -0.404. The van der Waals surface area contributed by atoms with Gasteiger partial charge in [0.1, 0.15) is 5.60 Å². The largest absolute Gasteiger partial charge is 0.464 e. The number of rotatable bonds is 5. The van der Waals surface area contributed by atoms with E-state index in [1.54, 1.807) is 4.90 Å². The average Bonchev–Trinajstić information content (AvgIpc) is 2.69. The van der Waals surface area contributed by atoms with Crippen molar-refractivity contribution in [3.05, 3.63) is 23.8 Å². The maximum absolute atomic E-state index is 14.9. The van der Waals surface area contributed by atoms with Gasteiger partial charge < -0.3 is 23.7 Å². The van der Waals surface area contributed by atoms with Crippen molar-refractivity contribution >= 4 is 26.1 Å². The Morgan fingerprint density at radius 1 is 1.15 bits per heavy atom. The number of pyridine rings is 1. The summed E-state index contributed by atoms with van der Waals surface area (Å²) in [6, 6.07) is 2.66. The molecule has 1 saturated heterocycles. The molecule has 2 rings (SSSR count). The van der Waals surface area contributed by atoms with E-state index in [2.05, 4.69) is 43.6 Å². The lowest BCUT2D eigenvalue weighted by Crippen LogP contribution is -2.58. The monoisotopic (exact) mass is 483 g/mol. The Morgan fingerprint density at radius 2 is 1.79 bits per heavy atom. The lowest BCUT2D eigenvalue weighted by molar-refractivity contribution is 0.0198. The van der Waals surface area contributed by atoms with Gasteiger partial charge in [0.2, 0.25) is 5.95 Å². The molecule has 0 N–H and O–H groups in total. The van der Waals surface area contributed by atoms with E-state index in [-0.39, 0.29) is 22.5 Å². The van der Waals surface area contributed by atoms with Gasteiger partial charge in [-0.1, -0.05) is 20.8 Å². The molecule has 1 fully saturated rings. The number of anilines is 1. The number of hydrogen-bond donors (Lipinski definition) is 0. The van der Waals surface area contributed by atoms with E-state index in [0.29, 0.717) is 26.2 Å². The molecule has 1 aromatic rings. The Bertz CT molecular complexity index is 867. The van der Waals surface area contributed by atoms with Gasteiger partial charge in [0.25, 0.3) is 0 Å². The van der Waals surface area contributed by atoms with E-state index in [4.69, 9.17) is 9.16 Å². The molecule has 0 saturated carbocycles. The SMILES string of the molecule is COC(=O)c1ccc(N2CCN(C(=O)OC(C)(C)C)C[C@H]2CO[Si](C)(C)C(C)(C)C)c(F)n1. The summed E-state index contributed by atoms with van der Waals surface area (Å²) in [7, 11) is -0.859. The molecular weight excluding hydrogens is 445 g/mol. The van der Waals surface area contributed by atoms with Crippen molar-refractivity contribution in [3.8, 4) is 0 Å². The molecule has 0 spiro atoms. The summed E-state index contributed by atoms with van der Waals surface area (Å²) < 4.78 is 31.6. The maximum atomic E-state index is 14.9. The Hall–Kier alpha value is -2.20. The molecule has 8 nitrogen and oxygen atoms in total. The predicted octanol–water partition coefficient (Wildman–Crippen LogP) is 4.45. The van der Waals surface area contributed by atoms with Crippen LogP contribution in [0, 0.1) is 5.95 Å². The average molecular weight is 484 g/mol. The van der Waals surface area contributed by atoms with Crippen molar-refractivity contribution in [1.82, 2.24) is 9.88 Å². The minimum Gasteiger partial charge on any atom is -0.464 e. The van der Waals surface area contributed by atoms with Crippen LogP contribution in [0.4, 0.5) is 14.9 Å². The van der Waals surface area contributed by atoms with Crippen molar-refractivity contribution in [2.24, 2.45) is 0 Å². The highest BCUT2D eigenvalue weighted by Crippen LogP contribution is 2.37. The van der Waals surface area contributed by atoms with E-state index in [1.807, 2.05) is 25.7 Å². The van der Waals surface area contributed by atoms with Gasteiger partial charge in [0, 0.05) is 19.6 Å². The first-order valence-corrected chi connectivity index (χ1v) is 14.1. The number of halogens is 1. The van der Waals surface area contributed by atoms with Crippen LogP contribution in [-0.4, -0.2) is 75.3 Å². The predicted molar refractivity (Wildman–Crippen MR) is 128 cm³/mol. The van der Waals surface area contributed by atoms with Gasteiger partial charge in [-0.05, 0) is 51.0 Å². The van der Waals surface area contributed by atoms with Crippen LogP contribution in [0.25, 0.3) is 0 Å². The fourth-order valence-corrected chi connectivity index (χ4v) is 4.23. The smallest absolute Gasteiger partial charge is 0.410 e. The quantitative estimate of drug-likeness (QED) is 0.348. The first kappa shape index (κ1) is 27.0. The molecule has 33 heavy (non-hydrogen) atoms. The molecular formula is C23H38FN3O5Si.